The van der Waals surface area contributed by atoms with Crippen LogP contribution in [0.1, 0.15) is 11.3 Å². The number of aromatic nitrogens is 4. The topological polar surface area (TPSA) is 80.3 Å². The van der Waals surface area contributed by atoms with Gasteiger partial charge in [-0.2, -0.15) is 0 Å². The summed E-state index contributed by atoms with van der Waals surface area (Å²) in [4.78, 5) is 31.9. The van der Waals surface area contributed by atoms with E-state index in [1.54, 1.807) is 29.4 Å². The first kappa shape index (κ1) is 20.9. The van der Waals surface area contributed by atoms with Crippen LogP contribution in [0, 0.1) is 6.92 Å². The fraction of sp³-hybridized carbons (Fsp3) is 0.227. The quantitative estimate of drug-likeness (QED) is 0.453. The summed E-state index contributed by atoms with van der Waals surface area (Å²) >= 11 is 3.41. The van der Waals surface area contributed by atoms with E-state index in [2.05, 4.69) is 26.0 Å². The predicted molar refractivity (Wildman–Crippen MR) is 129 cm³/mol. The predicted octanol–water partition coefficient (Wildman–Crippen LogP) is 3.24. The number of hydrogen-bond acceptors (Lipinski definition) is 4. The molecule has 8 nitrogen and oxygen atoms in total. The Morgan fingerprint density at radius 1 is 1.03 bits per heavy atom. The van der Waals surface area contributed by atoms with Crippen molar-refractivity contribution in [3.8, 4) is 5.69 Å². The van der Waals surface area contributed by atoms with Crippen molar-refractivity contribution in [2.75, 3.05) is 19.0 Å². The fourth-order valence-electron chi connectivity index (χ4n) is 3.60. The van der Waals surface area contributed by atoms with E-state index in [-0.39, 0.29) is 11.2 Å². The first-order valence-corrected chi connectivity index (χ1v) is 10.5. The number of nitrogens with zero attached hydrogens (tertiary/aromatic N) is 5. The van der Waals surface area contributed by atoms with Crippen molar-refractivity contribution < 1.29 is 0 Å². The zero-order valence-corrected chi connectivity index (χ0v) is 19.6. The van der Waals surface area contributed by atoms with Crippen LogP contribution in [0.4, 0.5) is 11.4 Å². The van der Waals surface area contributed by atoms with E-state index < -0.39 is 0 Å². The highest BCUT2D eigenvalue weighted by atomic mass is 79.9. The summed E-state index contributed by atoms with van der Waals surface area (Å²) in [6, 6.07) is 11.3. The molecule has 0 amide bonds. The largest absolute Gasteiger partial charge is 0.376 e. The van der Waals surface area contributed by atoms with Crippen molar-refractivity contribution in [2.24, 2.45) is 19.1 Å². The SMILES string of the molecule is Cc1[nH]n(-c2ccc(Br)cc2)c(=O)c1C=Nc1cc2c(cc1N(C)C)n(C)c(=O)n2C. The molecule has 0 radical (unpaired) electrons. The van der Waals surface area contributed by atoms with Crippen LogP contribution in [0.5, 0.6) is 0 Å². The molecule has 1 N–H and O–H groups in total. The van der Waals surface area contributed by atoms with Gasteiger partial charge in [0, 0.05) is 44.6 Å². The second kappa shape index (κ2) is 7.73. The van der Waals surface area contributed by atoms with Gasteiger partial charge in [0.1, 0.15) is 0 Å². The monoisotopic (exact) mass is 482 g/mol. The maximum Gasteiger partial charge on any atom is 0.328 e. The van der Waals surface area contributed by atoms with Gasteiger partial charge in [-0.25, -0.2) is 9.48 Å². The number of H-pyrrole nitrogens is 1. The maximum absolute atomic E-state index is 13.0. The minimum absolute atomic E-state index is 0.0975. The fourth-order valence-corrected chi connectivity index (χ4v) is 3.87. The number of hydrogen-bond donors (Lipinski definition) is 1. The minimum atomic E-state index is -0.178. The van der Waals surface area contributed by atoms with E-state index in [4.69, 9.17) is 0 Å². The summed E-state index contributed by atoms with van der Waals surface area (Å²) in [5.74, 6) is 0. The highest BCUT2D eigenvalue weighted by molar-refractivity contribution is 9.10. The van der Waals surface area contributed by atoms with Crippen molar-refractivity contribution >= 4 is 44.6 Å². The molecule has 0 saturated carbocycles. The molecule has 0 aliphatic carbocycles. The minimum Gasteiger partial charge on any atom is -0.376 e. The Bertz CT molecular complexity index is 1430. The summed E-state index contributed by atoms with van der Waals surface area (Å²) in [5.41, 5.74) is 4.80. The van der Waals surface area contributed by atoms with Gasteiger partial charge in [-0.15, -0.1) is 0 Å². The number of benzene rings is 2. The average Bonchev–Trinajstić information content (AvgIpc) is 3.14. The highest BCUT2D eigenvalue weighted by Gasteiger charge is 2.15. The lowest BCUT2D eigenvalue weighted by molar-refractivity contribution is 0.795. The highest BCUT2D eigenvalue weighted by Crippen LogP contribution is 2.32. The number of aliphatic imine (C=N–C) groups is 1. The maximum atomic E-state index is 13.0. The second-order valence-corrected chi connectivity index (χ2v) is 8.57. The van der Waals surface area contributed by atoms with Gasteiger partial charge in [0.15, 0.2) is 0 Å². The number of fused-ring (bicyclic) bond motifs is 1. The second-order valence-electron chi connectivity index (χ2n) is 7.65. The van der Waals surface area contributed by atoms with Gasteiger partial charge >= 0.3 is 5.69 Å². The van der Waals surface area contributed by atoms with E-state index in [1.807, 2.05) is 62.3 Å². The number of imidazole rings is 1. The smallest absolute Gasteiger partial charge is 0.328 e. The normalized spacial score (nSPS) is 11.7. The lowest BCUT2D eigenvalue weighted by Crippen LogP contribution is -2.19. The van der Waals surface area contributed by atoms with Gasteiger partial charge in [0.2, 0.25) is 0 Å². The van der Waals surface area contributed by atoms with E-state index in [0.717, 1.165) is 32.6 Å². The summed E-state index contributed by atoms with van der Waals surface area (Å²) in [7, 11) is 7.33. The van der Waals surface area contributed by atoms with E-state index >= 15 is 0 Å². The van der Waals surface area contributed by atoms with Crippen molar-refractivity contribution in [1.29, 1.82) is 0 Å². The number of anilines is 1. The zero-order valence-electron chi connectivity index (χ0n) is 18.0. The van der Waals surface area contributed by atoms with Gasteiger partial charge < -0.3 is 4.90 Å². The molecule has 4 aromatic rings. The first-order chi connectivity index (χ1) is 14.7. The molecular formula is C22H23BrN6O2. The van der Waals surface area contributed by atoms with Crippen molar-refractivity contribution in [2.45, 2.75) is 6.92 Å². The Morgan fingerprint density at radius 2 is 1.65 bits per heavy atom. The molecule has 2 aromatic heterocycles. The lowest BCUT2D eigenvalue weighted by Gasteiger charge is -2.15. The number of aryl methyl sites for hydroxylation is 3. The summed E-state index contributed by atoms with van der Waals surface area (Å²) < 4.78 is 5.65. The Labute approximate surface area is 187 Å². The van der Waals surface area contributed by atoms with Gasteiger partial charge in [0.05, 0.1) is 33.7 Å². The average molecular weight is 483 g/mol. The van der Waals surface area contributed by atoms with Crippen LogP contribution in [-0.2, 0) is 14.1 Å². The number of aromatic amines is 1. The van der Waals surface area contributed by atoms with Crippen molar-refractivity contribution in [3.05, 3.63) is 73.0 Å². The molecule has 4 rings (SSSR count). The Kier molecular flexibility index (Phi) is 5.22. The molecule has 0 aliphatic rings. The van der Waals surface area contributed by atoms with Crippen LogP contribution >= 0.6 is 15.9 Å². The summed E-state index contributed by atoms with van der Waals surface area (Å²) in [6.45, 7) is 1.84. The molecule has 31 heavy (non-hydrogen) atoms. The van der Waals surface area contributed by atoms with Gasteiger partial charge in [-0.3, -0.25) is 24.0 Å². The molecule has 2 heterocycles. The van der Waals surface area contributed by atoms with Crippen LogP contribution in [0.3, 0.4) is 0 Å². The Morgan fingerprint density at radius 3 is 2.26 bits per heavy atom. The van der Waals surface area contributed by atoms with Gasteiger partial charge in [0.25, 0.3) is 5.56 Å². The molecular weight excluding hydrogens is 460 g/mol. The van der Waals surface area contributed by atoms with Crippen LogP contribution in [0.15, 0.2) is 55.5 Å². The Hall–Kier alpha value is -3.33. The molecule has 0 spiro atoms. The Balaban J connectivity index is 1.83. The lowest BCUT2D eigenvalue weighted by atomic mass is 10.2. The molecule has 0 saturated heterocycles. The summed E-state index contributed by atoms with van der Waals surface area (Å²) in [6.07, 6.45) is 1.58. The molecule has 0 fully saturated rings. The number of nitrogens with one attached hydrogen (secondary N) is 1. The molecule has 160 valence electrons. The van der Waals surface area contributed by atoms with Crippen molar-refractivity contribution in [3.63, 3.8) is 0 Å². The van der Waals surface area contributed by atoms with E-state index in [1.165, 1.54) is 4.68 Å². The third kappa shape index (κ3) is 3.54. The zero-order chi connectivity index (χ0) is 22.4. The van der Waals surface area contributed by atoms with Gasteiger partial charge in [-0.05, 0) is 43.3 Å². The molecule has 9 heteroatoms. The van der Waals surface area contributed by atoms with Crippen LogP contribution in [0.25, 0.3) is 16.7 Å². The third-order valence-electron chi connectivity index (χ3n) is 5.38. The summed E-state index contributed by atoms with van der Waals surface area (Å²) in [5, 5.41) is 3.11. The van der Waals surface area contributed by atoms with Crippen LogP contribution < -0.4 is 16.1 Å². The molecule has 0 atom stereocenters. The van der Waals surface area contributed by atoms with Crippen LogP contribution in [-0.4, -0.2) is 39.2 Å². The first-order valence-electron chi connectivity index (χ1n) is 9.67. The molecule has 2 aromatic carbocycles. The van der Waals surface area contributed by atoms with Gasteiger partial charge in [-0.1, -0.05) is 15.9 Å². The standard InChI is InChI=1S/C22H23BrN6O2/c1-13-16(21(30)29(25-13)15-8-6-14(23)7-9-15)12-24-17-10-19-20(11-18(17)26(2)3)28(5)22(31)27(19)4/h6-12,25H,1-5H3. The number of halogens is 1. The molecule has 0 bridgehead atoms. The molecule has 0 unspecified atom stereocenters. The number of rotatable bonds is 4. The van der Waals surface area contributed by atoms with E-state index in [9.17, 15) is 9.59 Å². The molecule has 0 aliphatic heterocycles. The third-order valence-corrected chi connectivity index (χ3v) is 5.91. The van der Waals surface area contributed by atoms with Crippen molar-refractivity contribution in [1.82, 2.24) is 18.9 Å². The van der Waals surface area contributed by atoms with Crippen LogP contribution in [0.2, 0.25) is 0 Å². The van der Waals surface area contributed by atoms with E-state index in [0.29, 0.717) is 11.3 Å².